The lowest BCUT2D eigenvalue weighted by molar-refractivity contribution is -0.166. The van der Waals surface area contributed by atoms with E-state index in [1.807, 2.05) is 6.07 Å². The maximum atomic E-state index is 12.4. The predicted octanol–water partition coefficient (Wildman–Crippen LogP) is 0.658. The Morgan fingerprint density at radius 3 is 2.82 bits per heavy atom. The first-order chi connectivity index (χ1) is 10.5. The molecule has 0 radical (unpaired) electrons. The van der Waals surface area contributed by atoms with E-state index < -0.39 is 12.1 Å². The Kier molecular flexibility index (Phi) is 3.89. The van der Waals surface area contributed by atoms with Gasteiger partial charge >= 0.3 is 5.97 Å². The molecule has 3 rings (SSSR count). The Morgan fingerprint density at radius 1 is 1.27 bits per heavy atom. The van der Waals surface area contributed by atoms with Crippen LogP contribution in [0.2, 0.25) is 0 Å². The van der Waals surface area contributed by atoms with Crippen molar-refractivity contribution in [1.82, 2.24) is 4.90 Å². The van der Waals surface area contributed by atoms with E-state index in [1.54, 1.807) is 19.1 Å². The molecule has 2 aliphatic rings. The van der Waals surface area contributed by atoms with E-state index in [4.69, 9.17) is 19.3 Å². The molecule has 1 amide bonds. The van der Waals surface area contributed by atoms with E-state index in [0.29, 0.717) is 18.0 Å². The van der Waals surface area contributed by atoms with Crippen LogP contribution in [0.1, 0.15) is 12.5 Å². The van der Waals surface area contributed by atoms with Gasteiger partial charge in [0.05, 0.1) is 19.1 Å². The second kappa shape index (κ2) is 5.84. The van der Waals surface area contributed by atoms with Crippen LogP contribution in [0, 0.1) is 0 Å². The summed E-state index contributed by atoms with van der Waals surface area (Å²) in [7, 11) is 0. The number of hydrogen-bond donors (Lipinski definition) is 1. The van der Waals surface area contributed by atoms with Crippen LogP contribution in [0.15, 0.2) is 18.2 Å². The number of carbonyl (C=O) groups excluding carboxylic acids is 1. The molecule has 1 saturated heterocycles. The highest BCUT2D eigenvalue weighted by atomic mass is 16.7. The van der Waals surface area contributed by atoms with Gasteiger partial charge in [0.15, 0.2) is 17.6 Å². The molecular formula is C15H17NO6. The number of ether oxygens (including phenoxy) is 3. The molecule has 0 aromatic heterocycles. The van der Waals surface area contributed by atoms with Crippen molar-refractivity contribution in [2.75, 3.05) is 19.9 Å². The fourth-order valence-electron chi connectivity index (χ4n) is 2.63. The molecule has 7 nitrogen and oxygen atoms in total. The largest absolute Gasteiger partial charge is 0.479 e. The average Bonchev–Trinajstić information content (AvgIpc) is 2.94. The monoisotopic (exact) mass is 307 g/mol. The number of amides is 1. The van der Waals surface area contributed by atoms with Gasteiger partial charge in [-0.15, -0.1) is 0 Å². The minimum atomic E-state index is -1.05. The van der Waals surface area contributed by atoms with Gasteiger partial charge in [-0.1, -0.05) is 6.07 Å². The van der Waals surface area contributed by atoms with Crippen molar-refractivity contribution >= 4 is 11.9 Å². The number of nitrogens with zero attached hydrogens (tertiary/aromatic N) is 1. The number of fused-ring (bicyclic) bond motifs is 1. The van der Waals surface area contributed by atoms with Crippen molar-refractivity contribution < 1.29 is 28.9 Å². The lowest BCUT2D eigenvalue weighted by Gasteiger charge is -2.35. The molecule has 0 bridgehead atoms. The summed E-state index contributed by atoms with van der Waals surface area (Å²) >= 11 is 0. The van der Waals surface area contributed by atoms with Crippen LogP contribution in [0.4, 0.5) is 0 Å². The minimum absolute atomic E-state index is 0.0725. The SMILES string of the molecule is C[C@@H]1CN(C(=O)Cc2ccc3c(c2)OCO3)CC(C(=O)O)O1. The van der Waals surface area contributed by atoms with Gasteiger partial charge in [0.2, 0.25) is 12.7 Å². The lowest BCUT2D eigenvalue weighted by Crippen LogP contribution is -2.52. The molecule has 2 heterocycles. The van der Waals surface area contributed by atoms with E-state index in [2.05, 4.69) is 0 Å². The highest BCUT2D eigenvalue weighted by Gasteiger charge is 2.32. The van der Waals surface area contributed by atoms with Crippen LogP contribution in [-0.4, -0.2) is 54.0 Å². The van der Waals surface area contributed by atoms with Crippen molar-refractivity contribution in [3.05, 3.63) is 23.8 Å². The van der Waals surface area contributed by atoms with Gasteiger partial charge in [-0.2, -0.15) is 0 Å². The van der Waals surface area contributed by atoms with E-state index in [-0.39, 0.29) is 31.8 Å². The molecule has 1 fully saturated rings. The van der Waals surface area contributed by atoms with Crippen LogP contribution in [0.3, 0.4) is 0 Å². The normalized spacial score (nSPS) is 23.4. The summed E-state index contributed by atoms with van der Waals surface area (Å²) in [5.74, 6) is 0.124. The molecule has 1 aromatic rings. The molecular weight excluding hydrogens is 290 g/mol. The Balaban J connectivity index is 1.67. The zero-order chi connectivity index (χ0) is 15.7. The summed E-state index contributed by atoms with van der Waals surface area (Å²) in [5.41, 5.74) is 0.806. The average molecular weight is 307 g/mol. The van der Waals surface area contributed by atoms with Crippen molar-refractivity contribution in [2.45, 2.75) is 25.6 Å². The van der Waals surface area contributed by atoms with E-state index >= 15 is 0 Å². The molecule has 0 aliphatic carbocycles. The first kappa shape index (κ1) is 14.6. The third kappa shape index (κ3) is 2.99. The van der Waals surface area contributed by atoms with Crippen molar-refractivity contribution in [2.24, 2.45) is 0 Å². The molecule has 118 valence electrons. The van der Waals surface area contributed by atoms with E-state index in [9.17, 15) is 9.59 Å². The fourth-order valence-corrected chi connectivity index (χ4v) is 2.63. The molecule has 2 atom stereocenters. The number of hydrogen-bond acceptors (Lipinski definition) is 5. The molecule has 1 unspecified atom stereocenters. The number of morpholine rings is 1. The minimum Gasteiger partial charge on any atom is -0.479 e. The molecule has 0 saturated carbocycles. The van der Waals surface area contributed by atoms with Crippen LogP contribution in [0.25, 0.3) is 0 Å². The maximum Gasteiger partial charge on any atom is 0.334 e. The molecule has 1 N–H and O–H groups in total. The van der Waals surface area contributed by atoms with Gasteiger partial charge in [-0.25, -0.2) is 4.79 Å². The quantitative estimate of drug-likeness (QED) is 0.883. The number of aliphatic carboxylic acids is 1. The number of carboxylic acids is 1. The molecule has 1 aromatic carbocycles. The van der Waals surface area contributed by atoms with Crippen molar-refractivity contribution in [3.8, 4) is 11.5 Å². The van der Waals surface area contributed by atoms with Crippen molar-refractivity contribution in [1.29, 1.82) is 0 Å². The van der Waals surface area contributed by atoms with Crippen LogP contribution in [-0.2, 0) is 20.7 Å². The van der Waals surface area contributed by atoms with E-state index in [1.165, 1.54) is 4.90 Å². The second-order valence-electron chi connectivity index (χ2n) is 5.44. The highest BCUT2D eigenvalue weighted by molar-refractivity contribution is 5.80. The second-order valence-corrected chi connectivity index (χ2v) is 5.44. The Labute approximate surface area is 127 Å². The predicted molar refractivity (Wildman–Crippen MR) is 74.8 cm³/mol. The molecule has 2 aliphatic heterocycles. The summed E-state index contributed by atoms with van der Waals surface area (Å²) in [4.78, 5) is 25.0. The van der Waals surface area contributed by atoms with E-state index in [0.717, 1.165) is 5.56 Å². The standard InChI is InChI=1S/C15H17NO6/c1-9-6-16(7-13(22-9)15(18)19)14(17)5-10-2-3-11-12(4-10)21-8-20-11/h2-4,9,13H,5-8H2,1H3,(H,18,19)/t9-,13?/m1/s1. The zero-order valence-corrected chi connectivity index (χ0v) is 12.2. The summed E-state index contributed by atoms with van der Waals surface area (Å²) in [6.45, 7) is 2.42. The first-order valence-corrected chi connectivity index (χ1v) is 7.07. The number of carbonyl (C=O) groups is 2. The van der Waals surface area contributed by atoms with Gasteiger partial charge in [0.25, 0.3) is 0 Å². The van der Waals surface area contributed by atoms with Crippen molar-refractivity contribution in [3.63, 3.8) is 0 Å². The third-order valence-corrected chi connectivity index (χ3v) is 3.68. The number of benzene rings is 1. The first-order valence-electron chi connectivity index (χ1n) is 7.07. The summed E-state index contributed by atoms with van der Waals surface area (Å²) in [6, 6.07) is 5.36. The zero-order valence-electron chi connectivity index (χ0n) is 12.2. The Morgan fingerprint density at radius 2 is 2.05 bits per heavy atom. The number of carboxylic acid groups (broad SMARTS) is 1. The van der Waals surface area contributed by atoms with Crippen LogP contribution >= 0.6 is 0 Å². The topological polar surface area (TPSA) is 85.3 Å². The molecule has 22 heavy (non-hydrogen) atoms. The van der Waals surface area contributed by atoms with Gasteiger partial charge in [0.1, 0.15) is 0 Å². The van der Waals surface area contributed by atoms with Gasteiger partial charge in [-0.3, -0.25) is 4.79 Å². The third-order valence-electron chi connectivity index (χ3n) is 3.68. The lowest BCUT2D eigenvalue weighted by atomic mass is 10.1. The van der Waals surface area contributed by atoms with Crippen LogP contribution in [0.5, 0.6) is 11.5 Å². The smallest absolute Gasteiger partial charge is 0.334 e. The summed E-state index contributed by atoms with van der Waals surface area (Å²) in [6.07, 6.45) is -1.07. The Bertz CT molecular complexity index is 602. The van der Waals surface area contributed by atoms with Gasteiger partial charge in [0, 0.05) is 6.54 Å². The van der Waals surface area contributed by atoms with Gasteiger partial charge in [-0.05, 0) is 24.6 Å². The summed E-state index contributed by atoms with van der Waals surface area (Å²) < 4.78 is 15.8. The molecule has 7 heteroatoms. The van der Waals surface area contributed by atoms with Crippen LogP contribution < -0.4 is 9.47 Å². The summed E-state index contributed by atoms with van der Waals surface area (Å²) in [5, 5.41) is 9.06. The number of rotatable bonds is 3. The highest BCUT2D eigenvalue weighted by Crippen LogP contribution is 2.32. The Hall–Kier alpha value is -2.28. The molecule has 0 spiro atoms. The maximum absolute atomic E-state index is 12.4. The van der Waals surface area contributed by atoms with Gasteiger partial charge < -0.3 is 24.2 Å². The fraction of sp³-hybridized carbons (Fsp3) is 0.467.